The van der Waals surface area contributed by atoms with Gasteiger partial charge >= 0.3 is 0 Å². The van der Waals surface area contributed by atoms with Crippen LogP contribution in [0.4, 0.5) is 15.8 Å². The van der Waals surface area contributed by atoms with E-state index in [1.54, 1.807) is 18.2 Å². The van der Waals surface area contributed by atoms with Gasteiger partial charge in [-0.2, -0.15) is 9.57 Å². The van der Waals surface area contributed by atoms with Gasteiger partial charge in [0.1, 0.15) is 28.1 Å². The third-order valence-electron chi connectivity index (χ3n) is 4.50. The van der Waals surface area contributed by atoms with Crippen LogP contribution in [0, 0.1) is 17.1 Å². The zero-order chi connectivity index (χ0) is 19.4. The van der Waals surface area contributed by atoms with Gasteiger partial charge in [-0.25, -0.2) is 12.8 Å². The Hall–Kier alpha value is -2.63. The van der Waals surface area contributed by atoms with Crippen LogP contribution in [0.15, 0.2) is 41.3 Å². The highest BCUT2D eigenvalue weighted by molar-refractivity contribution is 7.89. The number of nitrogens with zero attached hydrogens (tertiary/aromatic N) is 2. The number of ether oxygens (including phenoxy) is 1. The second-order valence-electron chi connectivity index (χ2n) is 6.23. The van der Waals surface area contributed by atoms with Gasteiger partial charge in [0.25, 0.3) is 0 Å². The molecule has 3 rings (SSSR count). The Morgan fingerprint density at radius 1 is 1.19 bits per heavy atom. The molecule has 0 aromatic heterocycles. The predicted molar refractivity (Wildman–Crippen MR) is 100 cm³/mol. The molecule has 0 saturated carbocycles. The molecule has 1 aliphatic rings. The van der Waals surface area contributed by atoms with Crippen LogP contribution < -0.4 is 10.1 Å². The molecule has 0 atom stereocenters. The van der Waals surface area contributed by atoms with Crippen molar-refractivity contribution in [1.82, 2.24) is 4.31 Å². The Morgan fingerprint density at radius 2 is 1.93 bits per heavy atom. The summed E-state index contributed by atoms with van der Waals surface area (Å²) in [6, 6.07) is 10.7. The number of anilines is 2. The first kappa shape index (κ1) is 19.1. The maximum atomic E-state index is 13.8. The monoisotopic (exact) mass is 389 g/mol. The molecular formula is C19H20FN3O3S. The van der Waals surface area contributed by atoms with Crippen LogP contribution in [0.3, 0.4) is 0 Å². The van der Waals surface area contributed by atoms with E-state index in [0.717, 1.165) is 19.3 Å². The van der Waals surface area contributed by atoms with Crippen LogP contribution in [0.25, 0.3) is 0 Å². The molecule has 0 radical (unpaired) electrons. The molecule has 6 nitrogen and oxygen atoms in total. The first-order valence-corrected chi connectivity index (χ1v) is 10.0. The van der Waals surface area contributed by atoms with E-state index in [1.165, 1.54) is 29.6 Å². The number of hydrogen-bond acceptors (Lipinski definition) is 5. The van der Waals surface area contributed by atoms with Crippen LogP contribution in [0.2, 0.25) is 0 Å². The summed E-state index contributed by atoms with van der Waals surface area (Å²) >= 11 is 0. The molecule has 2 aromatic rings. The van der Waals surface area contributed by atoms with E-state index in [-0.39, 0.29) is 21.9 Å². The van der Waals surface area contributed by atoms with Gasteiger partial charge < -0.3 is 10.1 Å². The van der Waals surface area contributed by atoms with Gasteiger partial charge in [-0.05, 0) is 43.2 Å². The first-order valence-electron chi connectivity index (χ1n) is 8.61. The highest BCUT2D eigenvalue weighted by Crippen LogP contribution is 2.32. The summed E-state index contributed by atoms with van der Waals surface area (Å²) in [4.78, 5) is 0.0480. The lowest BCUT2D eigenvalue weighted by Gasteiger charge is -2.26. The summed E-state index contributed by atoms with van der Waals surface area (Å²) in [5.74, 6) is -0.400. The quantitative estimate of drug-likeness (QED) is 0.844. The van der Waals surface area contributed by atoms with Gasteiger partial charge in [0.05, 0.1) is 12.8 Å². The lowest BCUT2D eigenvalue weighted by atomic mass is 10.1. The second kappa shape index (κ2) is 7.94. The maximum Gasteiger partial charge on any atom is 0.246 e. The molecule has 1 saturated heterocycles. The molecule has 1 N–H and O–H groups in total. The van der Waals surface area contributed by atoms with Gasteiger partial charge in [0, 0.05) is 18.8 Å². The summed E-state index contributed by atoms with van der Waals surface area (Å²) in [6.45, 7) is 0.956. The fourth-order valence-corrected chi connectivity index (χ4v) is 4.80. The van der Waals surface area contributed by atoms with Crippen molar-refractivity contribution in [2.45, 2.75) is 24.2 Å². The Bertz CT molecular complexity index is 980. The van der Waals surface area contributed by atoms with E-state index in [9.17, 15) is 12.8 Å². The van der Waals surface area contributed by atoms with Crippen molar-refractivity contribution in [2.24, 2.45) is 0 Å². The van der Waals surface area contributed by atoms with E-state index >= 15 is 0 Å². The van der Waals surface area contributed by atoms with E-state index in [1.807, 2.05) is 6.07 Å². The molecule has 1 fully saturated rings. The summed E-state index contributed by atoms with van der Waals surface area (Å²) in [7, 11) is -2.30. The largest absolute Gasteiger partial charge is 0.495 e. The SMILES string of the molecule is COc1ccc(Nc2cccc(F)c2C#N)cc1S(=O)(=O)N1CCCCC1. The number of hydrogen-bond donors (Lipinski definition) is 1. The van der Waals surface area contributed by atoms with Crippen LogP contribution in [0.1, 0.15) is 24.8 Å². The highest BCUT2D eigenvalue weighted by atomic mass is 32.2. The number of halogens is 1. The van der Waals surface area contributed by atoms with E-state index < -0.39 is 15.8 Å². The summed E-state index contributed by atoms with van der Waals surface area (Å²) < 4.78 is 46.6. The van der Waals surface area contributed by atoms with E-state index in [2.05, 4.69) is 5.32 Å². The minimum Gasteiger partial charge on any atom is -0.495 e. The number of piperidine rings is 1. The molecular weight excluding hydrogens is 369 g/mol. The van der Waals surface area contributed by atoms with Crippen molar-refractivity contribution in [3.63, 3.8) is 0 Å². The average Bonchev–Trinajstić information content (AvgIpc) is 2.69. The van der Waals surface area contributed by atoms with Gasteiger partial charge in [0.15, 0.2) is 0 Å². The number of rotatable bonds is 5. The van der Waals surface area contributed by atoms with Crippen molar-refractivity contribution < 1.29 is 17.5 Å². The topological polar surface area (TPSA) is 82.4 Å². The smallest absolute Gasteiger partial charge is 0.246 e. The molecule has 1 heterocycles. The standard InChI is InChI=1S/C19H20FN3O3S/c1-26-18-9-8-14(22-17-7-5-6-16(20)15(17)13-21)12-19(18)27(24,25)23-10-3-2-4-11-23/h5-9,12,22H,2-4,10-11H2,1H3. The number of sulfonamides is 1. The van der Waals surface area contributed by atoms with Gasteiger partial charge in [0.2, 0.25) is 10.0 Å². The third-order valence-corrected chi connectivity index (χ3v) is 6.42. The van der Waals surface area contributed by atoms with Crippen molar-refractivity contribution >= 4 is 21.4 Å². The van der Waals surface area contributed by atoms with Crippen molar-refractivity contribution in [3.05, 3.63) is 47.8 Å². The van der Waals surface area contributed by atoms with Gasteiger partial charge in [-0.1, -0.05) is 12.5 Å². The molecule has 142 valence electrons. The minimum atomic E-state index is -3.71. The summed E-state index contributed by atoms with van der Waals surface area (Å²) in [5.41, 5.74) is 0.561. The molecule has 0 amide bonds. The fourth-order valence-electron chi connectivity index (χ4n) is 3.10. The Labute approximate surface area is 158 Å². The lowest BCUT2D eigenvalue weighted by molar-refractivity contribution is 0.343. The highest BCUT2D eigenvalue weighted by Gasteiger charge is 2.29. The van der Waals surface area contributed by atoms with Crippen LogP contribution in [-0.4, -0.2) is 32.9 Å². The van der Waals surface area contributed by atoms with Gasteiger partial charge in [-0.15, -0.1) is 0 Å². The second-order valence-corrected chi connectivity index (χ2v) is 8.14. The first-order chi connectivity index (χ1) is 13.0. The summed E-state index contributed by atoms with van der Waals surface area (Å²) in [5, 5.41) is 12.1. The van der Waals surface area contributed by atoms with E-state index in [4.69, 9.17) is 10.00 Å². The van der Waals surface area contributed by atoms with Crippen molar-refractivity contribution in [2.75, 3.05) is 25.5 Å². The molecule has 0 aliphatic carbocycles. The molecule has 0 unspecified atom stereocenters. The Balaban J connectivity index is 2.00. The zero-order valence-corrected chi connectivity index (χ0v) is 15.7. The predicted octanol–water partition coefficient (Wildman–Crippen LogP) is 3.62. The molecule has 0 spiro atoms. The molecule has 27 heavy (non-hydrogen) atoms. The van der Waals surface area contributed by atoms with Crippen LogP contribution >= 0.6 is 0 Å². The number of nitriles is 1. The number of nitrogens with one attached hydrogen (secondary N) is 1. The van der Waals surface area contributed by atoms with Crippen molar-refractivity contribution in [3.8, 4) is 11.8 Å². The Kier molecular flexibility index (Phi) is 5.63. The average molecular weight is 389 g/mol. The zero-order valence-electron chi connectivity index (χ0n) is 14.9. The molecule has 1 aliphatic heterocycles. The normalized spacial score (nSPS) is 15.1. The minimum absolute atomic E-state index is 0.0480. The lowest BCUT2D eigenvalue weighted by Crippen LogP contribution is -2.35. The maximum absolute atomic E-state index is 13.8. The molecule has 2 aromatic carbocycles. The van der Waals surface area contributed by atoms with Crippen LogP contribution in [0.5, 0.6) is 5.75 Å². The molecule has 8 heteroatoms. The number of benzene rings is 2. The Morgan fingerprint density at radius 3 is 2.59 bits per heavy atom. The summed E-state index contributed by atoms with van der Waals surface area (Å²) in [6.07, 6.45) is 2.67. The van der Waals surface area contributed by atoms with Gasteiger partial charge in [-0.3, -0.25) is 0 Å². The molecule has 0 bridgehead atoms. The number of methoxy groups -OCH3 is 1. The van der Waals surface area contributed by atoms with E-state index in [0.29, 0.717) is 18.8 Å². The van der Waals surface area contributed by atoms with Crippen molar-refractivity contribution in [1.29, 1.82) is 5.26 Å². The fraction of sp³-hybridized carbons (Fsp3) is 0.316. The third kappa shape index (κ3) is 3.89. The van der Waals surface area contributed by atoms with Crippen LogP contribution in [-0.2, 0) is 10.0 Å².